The molecule has 0 aliphatic heterocycles. The molecule has 0 fully saturated rings. The van der Waals surface area contributed by atoms with Gasteiger partial charge in [-0.05, 0) is 35.8 Å². The number of anilines is 2. The summed E-state index contributed by atoms with van der Waals surface area (Å²) in [6, 6.07) is 5.88. The van der Waals surface area contributed by atoms with E-state index in [4.69, 9.17) is 16.2 Å². The molecule has 5 nitrogen and oxygen atoms in total. The fraction of sp³-hybridized carbons (Fsp3) is 0.316. The predicted molar refractivity (Wildman–Crippen MR) is 98.8 cm³/mol. The van der Waals surface area contributed by atoms with E-state index in [1.807, 2.05) is 43.5 Å². The Bertz CT molecular complexity index is 677. The van der Waals surface area contributed by atoms with Gasteiger partial charge in [0.1, 0.15) is 0 Å². The fourth-order valence-corrected chi connectivity index (χ4v) is 2.66. The Hall–Kier alpha value is -2.53. The van der Waals surface area contributed by atoms with E-state index < -0.39 is 0 Å². The Balaban J connectivity index is 2.08. The number of allylic oxidation sites excluding steroid dienone is 2. The third-order valence-electron chi connectivity index (χ3n) is 3.96. The molecule has 1 aliphatic carbocycles. The molecule has 128 valence electrons. The summed E-state index contributed by atoms with van der Waals surface area (Å²) in [6.07, 6.45) is 11.1. The van der Waals surface area contributed by atoms with Gasteiger partial charge in [-0.25, -0.2) is 0 Å². The minimum absolute atomic E-state index is 0.0167. The van der Waals surface area contributed by atoms with E-state index in [0.29, 0.717) is 18.5 Å². The lowest BCUT2D eigenvalue weighted by Crippen LogP contribution is -2.21. The van der Waals surface area contributed by atoms with Crippen molar-refractivity contribution in [1.82, 2.24) is 0 Å². The van der Waals surface area contributed by atoms with Crippen molar-refractivity contribution >= 4 is 17.3 Å². The van der Waals surface area contributed by atoms with Gasteiger partial charge < -0.3 is 21.1 Å². The molecule has 24 heavy (non-hydrogen) atoms. The second-order valence-electron chi connectivity index (χ2n) is 5.90. The summed E-state index contributed by atoms with van der Waals surface area (Å²) in [4.78, 5) is 13.0. The number of methoxy groups -OCH3 is 1. The van der Waals surface area contributed by atoms with Crippen LogP contribution in [-0.2, 0) is 16.0 Å². The molecule has 1 aliphatic rings. The van der Waals surface area contributed by atoms with Crippen LogP contribution in [0.1, 0.15) is 12.0 Å². The van der Waals surface area contributed by atoms with Crippen LogP contribution in [0.3, 0.4) is 0 Å². The lowest BCUT2D eigenvalue weighted by atomic mass is 10.1. The lowest BCUT2D eigenvalue weighted by molar-refractivity contribution is -0.117. The van der Waals surface area contributed by atoms with Crippen molar-refractivity contribution in [2.24, 2.45) is 5.73 Å². The molecular formula is C19H25N3O2. The number of ether oxygens (including phenoxy) is 1. The molecule has 0 saturated heterocycles. The molecule has 0 heterocycles. The molecule has 1 aromatic carbocycles. The van der Waals surface area contributed by atoms with E-state index in [1.165, 1.54) is 0 Å². The Morgan fingerprint density at radius 2 is 2.12 bits per heavy atom. The number of rotatable bonds is 7. The van der Waals surface area contributed by atoms with Gasteiger partial charge >= 0.3 is 0 Å². The average Bonchev–Trinajstić information content (AvgIpc) is 2.77. The average molecular weight is 327 g/mol. The summed E-state index contributed by atoms with van der Waals surface area (Å²) < 4.78 is 5.39. The van der Waals surface area contributed by atoms with Crippen LogP contribution >= 0.6 is 0 Å². The minimum atomic E-state index is -0.303. The molecule has 4 N–H and O–H groups in total. The number of carbonyl (C=O) groups excluding carboxylic acids is 1. The molecule has 0 aromatic heterocycles. The Kier molecular flexibility index (Phi) is 6.21. The summed E-state index contributed by atoms with van der Waals surface area (Å²) in [5, 5.41) is 0. The van der Waals surface area contributed by atoms with Crippen molar-refractivity contribution in [1.29, 1.82) is 0 Å². The first-order valence-electron chi connectivity index (χ1n) is 7.96. The van der Waals surface area contributed by atoms with Gasteiger partial charge in [0.15, 0.2) is 0 Å². The second-order valence-corrected chi connectivity index (χ2v) is 5.90. The standard InChI is InChI=1S/C19H25N3O2/c1-22(13-15-5-3-4-6-16(11-15)24-2)18-9-7-14(12-17(18)20)8-10-19(21)23/h3-7,9,11-12,16H,8,10,13,20H2,1-2H3,(H2,21,23). The van der Waals surface area contributed by atoms with Crippen LogP contribution in [0.2, 0.25) is 0 Å². The highest BCUT2D eigenvalue weighted by Gasteiger charge is 2.10. The Labute approximate surface area is 143 Å². The van der Waals surface area contributed by atoms with Gasteiger partial charge in [-0.2, -0.15) is 0 Å². The topological polar surface area (TPSA) is 81.6 Å². The first-order chi connectivity index (χ1) is 11.5. The number of nitrogens with two attached hydrogens (primary N) is 2. The van der Waals surface area contributed by atoms with Crippen molar-refractivity contribution in [2.45, 2.75) is 18.9 Å². The number of benzene rings is 1. The van der Waals surface area contributed by atoms with Gasteiger partial charge in [-0.3, -0.25) is 4.79 Å². The third-order valence-corrected chi connectivity index (χ3v) is 3.96. The van der Waals surface area contributed by atoms with Gasteiger partial charge in [-0.15, -0.1) is 0 Å². The zero-order valence-electron chi connectivity index (χ0n) is 14.2. The van der Waals surface area contributed by atoms with Crippen LogP contribution in [0, 0.1) is 0 Å². The predicted octanol–water partition coefficient (Wildman–Crippen LogP) is 2.19. The number of hydrogen-bond acceptors (Lipinski definition) is 4. The van der Waals surface area contributed by atoms with Gasteiger partial charge in [-0.1, -0.05) is 30.4 Å². The van der Waals surface area contributed by atoms with Gasteiger partial charge in [0.25, 0.3) is 0 Å². The SMILES string of the molecule is COC1C=CC=CC(CN(C)c2ccc(CCC(N)=O)cc2N)=C1. The zero-order chi connectivity index (χ0) is 17.5. The number of nitrogen functional groups attached to an aromatic ring is 1. The highest BCUT2D eigenvalue weighted by atomic mass is 16.5. The Morgan fingerprint density at radius 1 is 1.33 bits per heavy atom. The van der Waals surface area contributed by atoms with Crippen LogP contribution < -0.4 is 16.4 Å². The Morgan fingerprint density at radius 3 is 2.79 bits per heavy atom. The molecule has 1 atom stereocenters. The van der Waals surface area contributed by atoms with Crippen molar-refractivity contribution in [3.05, 3.63) is 59.7 Å². The molecule has 0 radical (unpaired) electrons. The first-order valence-corrected chi connectivity index (χ1v) is 7.96. The van der Waals surface area contributed by atoms with E-state index >= 15 is 0 Å². The van der Waals surface area contributed by atoms with E-state index in [9.17, 15) is 4.79 Å². The quantitative estimate of drug-likeness (QED) is 0.752. The molecule has 0 bridgehead atoms. The maximum Gasteiger partial charge on any atom is 0.217 e. The largest absolute Gasteiger partial charge is 0.397 e. The van der Waals surface area contributed by atoms with Crippen LogP contribution in [0.25, 0.3) is 0 Å². The number of aryl methyl sites for hydroxylation is 1. The maximum atomic E-state index is 10.9. The molecule has 5 heteroatoms. The maximum absolute atomic E-state index is 10.9. The summed E-state index contributed by atoms with van der Waals surface area (Å²) >= 11 is 0. The monoisotopic (exact) mass is 327 g/mol. The lowest BCUT2D eigenvalue weighted by Gasteiger charge is -2.22. The van der Waals surface area contributed by atoms with E-state index in [-0.39, 0.29) is 12.0 Å². The van der Waals surface area contributed by atoms with Gasteiger partial charge in [0, 0.05) is 27.1 Å². The van der Waals surface area contributed by atoms with Crippen LogP contribution in [-0.4, -0.2) is 32.7 Å². The van der Waals surface area contributed by atoms with Crippen LogP contribution in [0.4, 0.5) is 11.4 Å². The van der Waals surface area contributed by atoms with Crippen molar-refractivity contribution in [2.75, 3.05) is 31.3 Å². The summed E-state index contributed by atoms with van der Waals surface area (Å²) in [7, 11) is 3.70. The minimum Gasteiger partial charge on any atom is -0.397 e. The molecule has 0 saturated carbocycles. The highest BCUT2D eigenvalue weighted by molar-refractivity contribution is 5.74. The molecule has 1 unspecified atom stereocenters. The van der Waals surface area contributed by atoms with Crippen molar-refractivity contribution in [3.63, 3.8) is 0 Å². The fourth-order valence-electron chi connectivity index (χ4n) is 2.66. The van der Waals surface area contributed by atoms with E-state index in [0.717, 1.165) is 23.4 Å². The van der Waals surface area contributed by atoms with Crippen LogP contribution in [0.5, 0.6) is 0 Å². The molecular weight excluding hydrogens is 302 g/mol. The highest BCUT2D eigenvalue weighted by Crippen LogP contribution is 2.25. The number of carbonyl (C=O) groups is 1. The van der Waals surface area contributed by atoms with E-state index in [2.05, 4.69) is 17.1 Å². The normalized spacial score (nSPS) is 16.6. The number of primary amides is 1. The van der Waals surface area contributed by atoms with Gasteiger partial charge in [0.05, 0.1) is 17.5 Å². The number of hydrogen-bond donors (Lipinski definition) is 2. The van der Waals surface area contributed by atoms with Crippen LogP contribution in [0.15, 0.2) is 54.2 Å². The number of amides is 1. The first kappa shape index (κ1) is 17.8. The number of likely N-dealkylation sites (N-methyl/N-ethyl adjacent to an activating group) is 1. The number of nitrogens with zero attached hydrogens (tertiary/aromatic N) is 1. The summed E-state index contributed by atoms with van der Waals surface area (Å²) in [5.41, 5.74) is 15.2. The van der Waals surface area contributed by atoms with E-state index in [1.54, 1.807) is 7.11 Å². The molecule has 1 aromatic rings. The van der Waals surface area contributed by atoms with Crippen molar-refractivity contribution < 1.29 is 9.53 Å². The molecule has 2 rings (SSSR count). The van der Waals surface area contributed by atoms with Gasteiger partial charge in [0.2, 0.25) is 5.91 Å². The zero-order valence-corrected chi connectivity index (χ0v) is 14.2. The van der Waals surface area contributed by atoms with Crippen molar-refractivity contribution in [3.8, 4) is 0 Å². The third kappa shape index (κ3) is 4.99. The molecule has 0 spiro atoms. The smallest absolute Gasteiger partial charge is 0.217 e. The summed E-state index contributed by atoms with van der Waals surface area (Å²) in [6.45, 7) is 0.725. The molecule has 1 amide bonds. The summed E-state index contributed by atoms with van der Waals surface area (Å²) in [5.74, 6) is -0.303. The second kappa shape index (κ2) is 8.36.